The molecule has 0 aliphatic carbocycles. The molecule has 0 saturated carbocycles. The number of nitrogens with one attached hydrogen (secondary N) is 1. The third kappa shape index (κ3) is 1.97. The van der Waals surface area contributed by atoms with Crippen molar-refractivity contribution in [2.45, 2.75) is 19.6 Å². The van der Waals surface area contributed by atoms with Crippen LogP contribution in [0.4, 0.5) is 8.78 Å². The number of aromatic amines is 1. The number of hydrogen-bond acceptors (Lipinski definition) is 3. The fourth-order valence-electron chi connectivity index (χ4n) is 1.15. The van der Waals surface area contributed by atoms with E-state index in [0.29, 0.717) is 0 Å². The summed E-state index contributed by atoms with van der Waals surface area (Å²) in [5, 5.41) is 8.83. The number of aliphatic hydroxyl groups is 1. The highest BCUT2D eigenvalue weighted by Gasteiger charge is 2.13. The van der Waals surface area contributed by atoms with Crippen molar-refractivity contribution in [1.82, 2.24) is 4.98 Å². The summed E-state index contributed by atoms with van der Waals surface area (Å²) in [7, 11) is 0. The van der Waals surface area contributed by atoms with Gasteiger partial charge in [0.15, 0.2) is 0 Å². The molecule has 1 rings (SSSR count). The first-order valence-electron chi connectivity index (χ1n) is 3.94. The molecule has 0 aliphatic heterocycles. The van der Waals surface area contributed by atoms with Gasteiger partial charge in [0, 0.05) is 12.1 Å². The molecule has 0 bridgehead atoms. The summed E-state index contributed by atoms with van der Waals surface area (Å²) in [6, 6.07) is 1.05. The van der Waals surface area contributed by atoms with Gasteiger partial charge in [0.05, 0.1) is 12.3 Å². The lowest BCUT2D eigenvalue weighted by molar-refractivity contribution is 0.145. The maximum atomic E-state index is 12.2. The van der Waals surface area contributed by atoms with Crippen molar-refractivity contribution in [3.8, 4) is 0 Å². The molecule has 4 nitrogen and oxygen atoms in total. The van der Waals surface area contributed by atoms with Crippen LogP contribution < -0.4 is 11.3 Å². The minimum absolute atomic E-state index is 0.0885. The summed E-state index contributed by atoms with van der Waals surface area (Å²) in [6.07, 6.45) is -2.76. The minimum atomic E-state index is -2.76. The first kappa shape index (κ1) is 10.8. The Balaban J connectivity index is 3.32. The van der Waals surface area contributed by atoms with Crippen LogP contribution in [-0.2, 0) is 13.2 Å². The van der Waals surface area contributed by atoms with Gasteiger partial charge in [-0.1, -0.05) is 0 Å². The fraction of sp³-hybridized carbons (Fsp3) is 0.375. The lowest BCUT2D eigenvalue weighted by Crippen LogP contribution is -2.20. The topological polar surface area (TPSA) is 79.1 Å². The van der Waals surface area contributed by atoms with Gasteiger partial charge in [-0.25, -0.2) is 8.78 Å². The molecule has 0 amide bonds. The van der Waals surface area contributed by atoms with Crippen molar-refractivity contribution in [2.75, 3.05) is 0 Å². The SMILES string of the molecule is NCc1c(CO)cc(C(F)F)[nH]c1=O. The van der Waals surface area contributed by atoms with Crippen LogP contribution in [0.15, 0.2) is 10.9 Å². The predicted molar refractivity (Wildman–Crippen MR) is 45.8 cm³/mol. The maximum absolute atomic E-state index is 12.2. The van der Waals surface area contributed by atoms with Gasteiger partial charge < -0.3 is 15.8 Å². The Morgan fingerprint density at radius 2 is 2.21 bits per heavy atom. The lowest BCUT2D eigenvalue weighted by atomic mass is 10.1. The maximum Gasteiger partial charge on any atom is 0.278 e. The Morgan fingerprint density at radius 3 is 2.64 bits per heavy atom. The molecule has 4 N–H and O–H groups in total. The summed E-state index contributed by atoms with van der Waals surface area (Å²) >= 11 is 0. The number of aromatic nitrogens is 1. The molecule has 0 radical (unpaired) electrons. The Morgan fingerprint density at radius 1 is 1.57 bits per heavy atom. The first-order chi connectivity index (χ1) is 6.60. The molecular weight excluding hydrogens is 194 g/mol. The zero-order chi connectivity index (χ0) is 10.7. The summed E-state index contributed by atoms with van der Waals surface area (Å²) in [4.78, 5) is 13.2. The first-order valence-corrected chi connectivity index (χ1v) is 3.94. The van der Waals surface area contributed by atoms with E-state index in [0.717, 1.165) is 6.07 Å². The second-order valence-electron chi connectivity index (χ2n) is 2.72. The smallest absolute Gasteiger partial charge is 0.278 e. The van der Waals surface area contributed by atoms with Gasteiger partial charge in [0.25, 0.3) is 12.0 Å². The molecule has 1 heterocycles. The highest BCUT2D eigenvalue weighted by molar-refractivity contribution is 5.26. The van der Waals surface area contributed by atoms with Gasteiger partial charge >= 0.3 is 0 Å². The number of alkyl halides is 2. The van der Waals surface area contributed by atoms with Crippen molar-refractivity contribution < 1.29 is 13.9 Å². The number of H-pyrrole nitrogens is 1. The Labute approximate surface area is 78.4 Å². The van der Waals surface area contributed by atoms with Crippen molar-refractivity contribution in [3.63, 3.8) is 0 Å². The van der Waals surface area contributed by atoms with E-state index in [1.165, 1.54) is 0 Å². The number of halogens is 2. The van der Waals surface area contributed by atoms with Crippen molar-refractivity contribution in [3.05, 3.63) is 33.2 Å². The van der Waals surface area contributed by atoms with E-state index in [4.69, 9.17) is 10.8 Å². The molecule has 6 heteroatoms. The average Bonchev–Trinajstić information content (AvgIpc) is 2.16. The lowest BCUT2D eigenvalue weighted by Gasteiger charge is -2.06. The summed E-state index contributed by atoms with van der Waals surface area (Å²) in [5.41, 5.74) is 4.34. The molecular formula is C8H10F2N2O2. The van der Waals surface area contributed by atoms with E-state index in [-0.39, 0.29) is 17.7 Å². The van der Waals surface area contributed by atoms with Crippen LogP contribution >= 0.6 is 0 Å². The molecule has 0 aliphatic rings. The van der Waals surface area contributed by atoms with Gasteiger partial charge in [0.2, 0.25) is 0 Å². The van der Waals surface area contributed by atoms with Crippen molar-refractivity contribution in [2.24, 2.45) is 5.73 Å². The third-order valence-electron chi connectivity index (χ3n) is 1.86. The average molecular weight is 204 g/mol. The Bertz CT molecular complexity index is 376. The molecule has 0 spiro atoms. The normalized spacial score (nSPS) is 10.9. The molecule has 0 unspecified atom stereocenters. The Kier molecular flexibility index (Phi) is 3.32. The second-order valence-corrected chi connectivity index (χ2v) is 2.72. The quantitative estimate of drug-likeness (QED) is 0.660. The van der Waals surface area contributed by atoms with Crippen molar-refractivity contribution in [1.29, 1.82) is 0 Å². The number of pyridine rings is 1. The Hall–Kier alpha value is -1.27. The zero-order valence-electron chi connectivity index (χ0n) is 7.26. The van der Waals surface area contributed by atoms with Crippen LogP contribution in [0, 0.1) is 0 Å². The highest BCUT2D eigenvalue weighted by atomic mass is 19.3. The van der Waals surface area contributed by atoms with Gasteiger partial charge in [-0.2, -0.15) is 0 Å². The van der Waals surface area contributed by atoms with E-state index in [1.54, 1.807) is 0 Å². The van der Waals surface area contributed by atoms with Crippen molar-refractivity contribution >= 4 is 0 Å². The number of hydrogen-bond donors (Lipinski definition) is 3. The molecule has 1 aromatic rings. The van der Waals surface area contributed by atoms with Crippen LogP contribution in [0.5, 0.6) is 0 Å². The highest BCUT2D eigenvalue weighted by Crippen LogP contribution is 2.17. The van der Waals surface area contributed by atoms with Gasteiger partial charge in [-0.3, -0.25) is 4.79 Å². The molecule has 0 saturated heterocycles. The fourth-order valence-corrected chi connectivity index (χ4v) is 1.15. The van der Waals surface area contributed by atoms with E-state index in [9.17, 15) is 13.6 Å². The van der Waals surface area contributed by atoms with Gasteiger partial charge in [-0.05, 0) is 11.6 Å². The second kappa shape index (κ2) is 4.30. The number of nitrogens with two attached hydrogens (primary N) is 1. The minimum Gasteiger partial charge on any atom is -0.392 e. The van der Waals surface area contributed by atoms with E-state index < -0.39 is 24.3 Å². The van der Waals surface area contributed by atoms with Gasteiger partial charge in [0.1, 0.15) is 0 Å². The van der Waals surface area contributed by atoms with Crippen LogP contribution in [0.2, 0.25) is 0 Å². The summed E-state index contributed by atoms with van der Waals surface area (Å²) < 4.78 is 24.4. The molecule has 14 heavy (non-hydrogen) atoms. The molecule has 0 aromatic carbocycles. The third-order valence-corrected chi connectivity index (χ3v) is 1.86. The predicted octanol–water partition coefficient (Wildman–Crippen LogP) is 0.264. The molecule has 1 aromatic heterocycles. The molecule has 0 fully saturated rings. The van der Waals surface area contributed by atoms with Crippen LogP contribution in [0.25, 0.3) is 0 Å². The zero-order valence-corrected chi connectivity index (χ0v) is 7.26. The van der Waals surface area contributed by atoms with Crippen LogP contribution in [0.1, 0.15) is 23.2 Å². The monoisotopic (exact) mass is 204 g/mol. The van der Waals surface area contributed by atoms with E-state index >= 15 is 0 Å². The van der Waals surface area contributed by atoms with Gasteiger partial charge in [-0.15, -0.1) is 0 Å². The van der Waals surface area contributed by atoms with Crippen LogP contribution in [0.3, 0.4) is 0 Å². The number of aliphatic hydroxyl groups excluding tert-OH is 1. The standard InChI is InChI=1S/C8H10F2N2O2/c9-7(10)6-1-4(3-13)5(2-11)8(14)12-6/h1,7,13H,2-3,11H2,(H,12,14). The summed E-state index contributed by atoms with van der Waals surface area (Å²) in [5.74, 6) is 0. The van der Waals surface area contributed by atoms with Crippen LogP contribution in [-0.4, -0.2) is 10.1 Å². The van der Waals surface area contributed by atoms with E-state index in [2.05, 4.69) is 0 Å². The number of rotatable bonds is 3. The molecule has 78 valence electrons. The summed E-state index contributed by atoms with van der Waals surface area (Å²) in [6.45, 7) is -0.565. The molecule has 0 atom stereocenters. The van der Waals surface area contributed by atoms with E-state index in [1.807, 2.05) is 4.98 Å². The largest absolute Gasteiger partial charge is 0.392 e.